The van der Waals surface area contributed by atoms with Crippen molar-refractivity contribution < 1.29 is 27.2 Å². The number of nitro benzene ring substituents is 1. The fraction of sp³-hybridized carbons (Fsp3) is 0.333. The molecule has 1 fully saturated rings. The molecule has 0 saturated carbocycles. The molecule has 0 aromatic heterocycles. The molecule has 0 N–H and O–H groups in total. The lowest BCUT2D eigenvalue weighted by Crippen LogP contribution is -2.40. The number of hydrogen-bond donors (Lipinski definition) is 0. The molecule has 1 aliphatic heterocycles. The SMILES string of the molecule is O=[N+]([O-])c1cc(S(=O)(=O)N2CCOCC2)ccc1OCCSc1ccccc1F. The van der Waals surface area contributed by atoms with Crippen LogP contribution in [0.25, 0.3) is 0 Å². The molecule has 0 amide bonds. The third-order valence-corrected chi connectivity index (χ3v) is 7.08. The van der Waals surface area contributed by atoms with E-state index in [0.717, 1.165) is 6.07 Å². The van der Waals surface area contributed by atoms with Crippen LogP contribution in [0.1, 0.15) is 0 Å². The second kappa shape index (κ2) is 9.53. The van der Waals surface area contributed by atoms with Crippen molar-refractivity contribution in [2.75, 3.05) is 38.7 Å². The average molecular weight is 442 g/mol. The van der Waals surface area contributed by atoms with Crippen LogP contribution in [0.4, 0.5) is 10.1 Å². The van der Waals surface area contributed by atoms with Crippen LogP contribution in [0.2, 0.25) is 0 Å². The number of nitro groups is 1. The molecule has 8 nitrogen and oxygen atoms in total. The van der Waals surface area contributed by atoms with Crippen LogP contribution >= 0.6 is 11.8 Å². The van der Waals surface area contributed by atoms with E-state index in [1.807, 2.05) is 0 Å². The lowest BCUT2D eigenvalue weighted by Gasteiger charge is -2.26. The van der Waals surface area contributed by atoms with Gasteiger partial charge in [0, 0.05) is 29.8 Å². The minimum Gasteiger partial charge on any atom is -0.486 e. The molecule has 0 atom stereocenters. The van der Waals surface area contributed by atoms with E-state index in [2.05, 4.69) is 0 Å². The normalized spacial score (nSPS) is 15.2. The predicted octanol–water partition coefficient (Wildman–Crippen LogP) is 2.93. The quantitative estimate of drug-likeness (QED) is 0.268. The van der Waals surface area contributed by atoms with E-state index in [-0.39, 0.29) is 49.4 Å². The lowest BCUT2D eigenvalue weighted by atomic mass is 10.3. The van der Waals surface area contributed by atoms with Gasteiger partial charge < -0.3 is 9.47 Å². The zero-order valence-electron chi connectivity index (χ0n) is 15.3. The van der Waals surface area contributed by atoms with E-state index in [1.165, 1.54) is 34.3 Å². The maximum absolute atomic E-state index is 13.6. The van der Waals surface area contributed by atoms with Crippen molar-refractivity contribution in [2.45, 2.75) is 9.79 Å². The number of halogens is 1. The van der Waals surface area contributed by atoms with Crippen LogP contribution in [0.5, 0.6) is 5.75 Å². The van der Waals surface area contributed by atoms with Gasteiger partial charge in [0.15, 0.2) is 5.75 Å². The molecule has 1 aliphatic rings. The molecule has 3 rings (SSSR count). The monoisotopic (exact) mass is 442 g/mol. The molecule has 0 radical (unpaired) electrons. The van der Waals surface area contributed by atoms with Gasteiger partial charge in [-0.3, -0.25) is 10.1 Å². The fourth-order valence-electron chi connectivity index (χ4n) is 2.72. The summed E-state index contributed by atoms with van der Waals surface area (Å²) in [5.74, 6) is -0.0162. The summed E-state index contributed by atoms with van der Waals surface area (Å²) < 4.78 is 50.8. The van der Waals surface area contributed by atoms with Crippen molar-refractivity contribution >= 4 is 27.5 Å². The molecule has 1 saturated heterocycles. The third kappa shape index (κ3) is 5.24. The summed E-state index contributed by atoms with van der Waals surface area (Å²) >= 11 is 1.22. The van der Waals surface area contributed by atoms with Gasteiger partial charge in [-0.25, -0.2) is 12.8 Å². The van der Waals surface area contributed by atoms with Gasteiger partial charge in [-0.1, -0.05) is 12.1 Å². The second-order valence-electron chi connectivity index (χ2n) is 6.03. The molecule has 0 bridgehead atoms. The van der Waals surface area contributed by atoms with Crippen LogP contribution in [0.3, 0.4) is 0 Å². The Labute approximate surface area is 171 Å². The van der Waals surface area contributed by atoms with E-state index in [0.29, 0.717) is 10.6 Å². The van der Waals surface area contributed by atoms with E-state index >= 15 is 0 Å². The van der Waals surface area contributed by atoms with Gasteiger partial charge in [0.2, 0.25) is 10.0 Å². The minimum atomic E-state index is -3.85. The highest BCUT2D eigenvalue weighted by Crippen LogP contribution is 2.31. The van der Waals surface area contributed by atoms with Gasteiger partial charge in [0.1, 0.15) is 5.82 Å². The van der Waals surface area contributed by atoms with Crippen molar-refractivity contribution in [3.05, 3.63) is 58.4 Å². The van der Waals surface area contributed by atoms with Gasteiger partial charge in [-0.05, 0) is 24.3 Å². The summed E-state index contributed by atoms with van der Waals surface area (Å²) in [6.45, 7) is 1.04. The molecule has 29 heavy (non-hydrogen) atoms. The number of thioether (sulfide) groups is 1. The van der Waals surface area contributed by atoms with Crippen LogP contribution in [0.15, 0.2) is 52.3 Å². The fourth-order valence-corrected chi connectivity index (χ4v) is 4.92. The van der Waals surface area contributed by atoms with Crippen LogP contribution in [-0.2, 0) is 14.8 Å². The Balaban J connectivity index is 1.69. The maximum Gasteiger partial charge on any atom is 0.312 e. The van der Waals surface area contributed by atoms with Gasteiger partial charge in [-0.2, -0.15) is 4.31 Å². The van der Waals surface area contributed by atoms with Crippen LogP contribution in [-0.4, -0.2) is 56.3 Å². The van der Waals surface area contributed by atoms with Crippen molar-refractivity contribution in [1.82, 2.24) is 4.31 Å². The average Bonchev–Trinajstić information content (AvgIpc) is 2.73. The summed E-state index contributed by atoms with van der Waals surface area (Å²) in [6.07, 6.45) is 0. The summed E-state index contributed by atoms with van der Waals surface area (Å²) in [5.41, 5.74) is -0.435. The zero-order valence-corrected chi connectivity index (χ0v) is 17.0. The summed E-state index contributed by atoms with van der Waals surface area (Å²) in [7, 11) is -3.85. The van der Waals surface area contributed by atoms with E-state index < -0.39 is 20.6 Å². The first-order valence-electron chi connectivity index (χ1n) is 8.76. The van der Waals surface area contributed by atoms with Gasteiger partial charge in [-0.15, -0.1) is 11.8 Å². The number of ether oxygens (including phenoxy) is 2. The number of morpholine rings is 1. The smallest absolute Gasteiger partial charge is 0.312 e. The van der Waals surface area contributed by atoms with Gasteiger partial charge in [0.05, 0.1) is 29.6 Å². The Morgan fingerprint density at radius 2 is 1.93 bits per heavy atom. The Kier molecular flexibility index (Phi) is 7.06. The van der Waals surface area contributed by atoms with Crippen molar-refractivity contribution in [3.63, 3.8) is 0 Å². The Morgan fingerprint density at radius 3 is 2.62 bits per heavy atom. The topological polar surface area (TPSA) is 99.0 Å². The molecule has 0 unspecified atom stereocenters. The van der Waals surface area contributed by atoms with Gasteiger partial charge >= 0.3 is 5.69 Å². The summed E-state index contributed by atoms with van der Waals surface area (Å²) in [6, 6.07) is 9.85. The number of nitrogens with zero attached hydrogens (tertiary/aromatic N) is 2. The first kappa shape index (κ1) is 21.5. The van der Waals surface area contributed by atoms with E-state index in [1.54, 1.807) is 18.2 Å². The first-order chi connectivity index (χ1) is 13.9. The molecule has 11 heteroatoms. The van der Waals surface area contributed by atoms with Crippen molar-refractivity contribution in [1.29, 1.82) is 0 Å². The summed E-state index contributed by atoms with van der Waals surface area (Å²) in [5, 5.41) is 11.4. The third-order valence-electron chi connectivity index (χ3n) is 4.17. The molecule has 0 spiro atoms. The number of rotatable bonds is 8. The molecule has 2 aromatic carbocycles. The maximum atomic E-state index is 13.6. The van der Waals surface area contributed by atoms with Crippen molar-refractivity contribution in [2.24, 2.45) is 0 Å². The highest BCUT2D eigenvalue weighted by Gasteiger charge is 2.29. The van der Waals surface area contributed by atoms with E-state index in [4.69, 9.17) is 9.47 Å². The Bertz CT molecular complexity index is 980. The Morgan fingerprint density at radius 1 is 1.21 bits per heavy atom. The van der Waals surface area contributed by atoms with Crippen LogP contribution in [0, 0.1) is 15.9 Å². The predicted molar refractivity (Wildman–Crippen MR) is 105 cm³/mol. The summed E-state index contributed by atoms with van der Waals surface area (Å²) in [4.78, 5) is 11.0. The minimum absolute atomic E-state index is 0.0370. The molecule has 0 aliphatic carbocycles. The molecule has 156 valence electrons. The molecular formula is C18H19FN2O6S2. The molecular weight excluding hydrogens is 423 g/mol. The zero-order chi connectivity index (χ0) is 20.9. The number of hydrogen-bond acceptors (Lipinski definition) is 7. The Hall–Kier alpha value is -2.21. The first-order valence-corrected chi connectivity index (χ1v) is 11.2. The lowest BCUT2D eigenvalue weighted by molar-refractivity contribution is -0.386. The molecule has 2 aromatic rings. The second-order valence-corrected chi connectivity index (χ2v) is 9.11. The number of sulfonamides is 1. The van der Waals surface area contributed by atoms with E-state index in [9.17, 15) is 22.9 Å². The van der Waals surface area contributed by atoms with Crippen LogP contribution < -0.4 is 4.74 Å². The highest BCUT2D eigenvalue weighted by molar-refractivity contribution is 7.99. The molecule has 1 heterocycles. The largest absolute Gasteiger partial charge is 0.486 e. The standard InChI is InChI=1S/C18H19FN2O6S2/c19-15-3-1-2-4-18(15)28-12-11-27-17-6-5-14(13-16(17)21(22)23)29(24,25)20-7-9-26-10-8-20/h1-6,13H,7-12H2. The van der Waals surface area contributed by atoms with Crippen molar-refractivity contribution in [3.8, 4) is 5.75 Å². The highest BCUT2D eigenvalue weighted by atomic mass is 32.2. The van der Waals surface area contributed by atoms with Gasteiger partial charge in [0.25, 0.3) is 0 Å². The number of benzene rings is 2.